The first-order valence-corrected chi connectivity index (χ1v) is 5.58. The lowest BCUT2D eigenvalue weighted by atomic mass is 10.0. The van der Waals surface area contributed by atoms with E-state index >= 15 is 0 Å². The van der Waals surface area contributed by atoms with E-state index in [4.69, 9.17) is 4.42 Å². The monoisotopic (exact) mass is 205 g/mol. The lowest BCUT2D eigenvalue weighted by Crippen LogP contribution is -2.30. The predicted molar refractivity (Wildman–Crippen MR) is 56.7 cm³/mol. The first-order chi connectivity index (χ1) is 7.33. The Labute approximate surface area is 89.0 Å². The highest BCUT2D eigenvalue weighted by Crippen LogP contribution is 2.36. The van der Waals surface area contributed by atoms with Crippen molar-refractivity contribution in [3.8, 4) is 0 Å². The molecule has 15 heavy (non-hydrogen) atoms. The second-order valence-electron chi connectivity index (χ2n) is 4.30. The van der Waals surface area contributed by atoms with Gasteiger partial charge in [0.2, 0.25) is 5.89 Å². The molecule has 1 saturated heterocycles. The Morgan fingerprint density at radius 3 is 2.20 bits per heavy atom. The zero-order chi connectivity index (χ0) is 10.3. The number of allylic oxidation sites excluding steroid dienone is 1. The zero-order valence-electron chi connectivity index (χ0n) is 8.99. The second kappa shape index (κ2) is 3.36. The van der Waals surface area contributed by atoms with Gasteiger partial charge in [0.25, 0.3) is 0 Å². The summed E-state index contributed by atoms with van der Waals surface area (Å²) in [4.78, 5) is 2.19. The molecule has 0 N–H and O–H groups in total. The summed E-state index contributed by atoms with van der Waals surface area (Å²) < 4.78 is 5.42. The van der Waals surface area contributed by atoms with Crippen LogP contribution in [0.25, 0.3) is 0 Å². The largest absolute Gasteiger partial charge is 0.408 e. The number of hydrogen-bond acceptors (Lipinski definition) is 4. The van der Waals surface area contributed by atoms with Gasteiger partial charge in [0.15, 0.2) is 0 Å². The average Bonchev–Trinajstić information content (AvgIpc) is 3.02. The first-order valence-electron chi connectivity index (χ1n) is 5.58. The van der Waals surface area contributed by atoms with Gasteiger partial charge in [-0.05, 0) is 25.7 Å². The minimum Gasteiger partial charge on any atom is -0.408 e. The first kappa shape index (κ1) is 8.95. The summed E-state index contributed by atoms with van der Waals surface area (Å²) in [6, 6.07) is 0.687. The summed E-state index contributed by atoms with van der Waals surface area (Å²) in [6.07, 6.45) is 5.04. The van der Waals surface area contributed by atoms with E-state index in [9.17, 15) is 0 Å². The maximum absolute atomic E-state index is 5.42. The Balaban J connectivity index is 1.69. The van der Waals surface area contributed by atoms with Gasteiger partial charge in [-0.3, -0.25) is 0 Å². The Morgan fingerprint density at radius 2 is 1.67 bits per heavy atom. The van der Waals surface area contributed by atoms with Gasteiger partial charge in [-0.1, -0.05) is 16.2 Å². The highest BCUT2D eigenvalue weighted by atomic mass is 16.4. The second-order valence-corrected chi connectivity index (χ2v) is 4.30. The van der Waals surface area contributed by atoms with E-state index in [1.54, 1.807) is 11.1 Å². The van der Waals surface area contributed by atoms with Crippen molar-refractivity contribution in [2.45, 2.75) is 32.6 Å². The molecule has 0 amide bonds. The van der Waals surface area contributed by atoms with Crippen molar-refractivity contribution >= 4 is 6.01 Å². The zero-order valence-corrected chi connectivity index (χ0v) is 8.99. The number of aromatic nitrogens is 2. The van der Waals surface area contributed by atoms with E-state index in [1.165, 1.54) is 25.7 Å². The summed E-state index contributed by atoms with van der Waals surface area (Å²) in [6.45, 7) is 3.89. The molecule has 1 aliphatic carbocycles. The van der Waals surface area contributed by atoms with Gasteiger partial charge >= 0.3 is 6.01 Å². The van der Waals surface area contributed by atoms with Crippen LogP contribution in [0.4, 0.5) is 6.01 Å². The fourth-order valence-corrected chi connectivity index (χ4v) is 2.15. The van der Waals surface area contributed by atoms with Crippen LogP contribution < -0.4 is 4.90 Å². The molecule has 3 rings (SSSR count). The minimum absolute atomic E-state index is 0.649. The molecule has 0 radical (unpaired) electrons. The van der Waals surface area contributed by atoms with Crippen molar-refractivity contribution in [1.29, 1.82) is 0 Å². The normalized spacial score (nSPS) is 21.0. The van der Waals surface area contributed by atoms with Crippen LogP contribution in [0.1, 0.15) is 31.6 Å². The summed E-state index contributed by atoms with van der Waals surface area (Å²) in [5.41, 5.74) is 3.39. The van der Waals surface area contributed by atoms with E-state index in [0.29, 0.717) is 11.9 Å². The van der Waals surface area contributed by atoms with Gasteiger partial charge in [-0.2, -0.15) is 0 Å². The quantitative estimate of drug-likeness (QED) is 0.658. The Hall–Kier alpha value is -1.32. The third-order valence-corrected chi connectivity index (χ3v) is 3.15. The molecule has 0 unspecified atom stereocenters. The Bertz CT molecular complexity index is 392. The van der Waals surface area contributed by atoms with Gasteiger partial charge < -0.3 is 9.32 Å². The molecule has 2 heterocycles. The summed E-state index contributed by atoms with van der Waals surface area (Å²) in [7, 11) is 0. The lowest BCUT2D eigenvalue weighted by molar-refractivity contribution is 0.494. The summed E-state index contributed by atoms with van der Waals surface area (Å²) >= 11 is 0. The van der Waals surface area contributed by atoms with E-state index in [-0.39, 0.29) is 0 Å². The van der Waals surface area contributed by atoms with E-state index in [2.05, 4.69) is 15.1 Å². The number of aryl methyl sites for hydroxylation is 1. The van der Waals surface area contributed by atoms with Crippen LogP contribution in [0.15, 0.2) is 15.6 Å². The molecule has 0 spiro atoms. The van der Waals surface area contributed by atoms with Crippen LogP contribution in [-0.2, 0) is 0 Å². The number of anilines is 1. The topological polar surface area (TPSA) is 42.2 Å². The molecule has 1 aromatic heterocycles. The van der Waals surface area contributed by atoms with Crippen LogP contribution in [0.2, 0.25) is 0 Å². The molecule has 0 aromatic carbocycles. The molecular formula is C11H15N3O. The number of hydrogen-bond donors (Lipinski definition) is 0. The molecule has 2 fully saturated rings. The molecule has 80 valence electrons. The fourth-order valence-electron chi connectivity index (χ4n) is 2.15. The van der Waals surface area contributed by atoms with Crippen LogP contribution in [0.5, 0.6) is 0 Å². The Morgan fingerprint density at radius 1 is 1.00 bits per heavy atom. The number of rotatable bonds is 1. The molecular weight excluding hydrogens is 190 g/mol. The van der Waals surface area contributed by atoms with Crippen molar-refractivity contribution in [3.63, 3.8) is 0 Å². The smallest absolute Gasteiger partial charge is 0.318 e. The SMILES string of the molecule is Cc1nnc(N2CCC(=C3CC3)CC2)o1. The molecule has 1 aliphatic heterocycles. The van der Waals surface area contributed by atoms with Crippen LogP contribution in [0.3, 0.4) is 0 Å². The van der Waals surface area contributed by atoms with Gasteiger partial charge in [0.1, 0.15) is 0 Å². The van der Waals surface area contributed by atoms with Crippen molar-refractivity contribution in [2.75, 3.05) is 18.0 Å². The van der Waals surface area contributed by atoms with Crippen LogP contribution in [-0.4, -0.2) is 23.3 Å². The molecule has 0 bridgehead atoms. The molecule has 1 aromatic rings. The van der Waals surface area contributed by atoms with Crippen molar-refractivity contribution in [3.05, 3.63) is 17.0 Å². The van der Waals surface area contributed by atoms with Crippen molar-refractivity contribution in [1.82, 2.24) is 10.2 Å². The minimum atomic E-state index is 0.649. The predicted octanol–water partition coefficient (Wildman–Crippen LogP) is 2.07. The lowest BCUT2D eigenvalue weighted by Gasteiger charge is -2.26. The molecule has 4 heteroatoms. The maximum atomic E-state index is 5.42. The summed E-state index contributed by atoms with van der Waals surface area (Å²) in [5, 5.41) is 7.91. The standard InChI is InChI=1S/C11H15N3O/c1-8-12-13-11(15-8)14-6-4-10(5-7-14)9-2-3-9/h2-7H2,1H3. The molecule has 1 saturated carbocycles. The van der Waals surface area contributed by atoms with Crippen molar-refractivity contribution in [2.24, 2.45) is 0 Å². The van der Waals surface area contributed by atoms with Crippen molar-refractivity contribution < 1.29 is 4.42 Å². The van der Waals surface area contributed by atoms with E-state index in [1.807, 2.05) is 6.92 Å². The third-order valence-electron chi connectivity index (χ3n) is 3.15. The fraction of sp³-hybridized carbons (Fsp3) is 0.636. The van der Waals surface area contributed by atoms with E-state index < -0.39 is 0 Å². The highest BCUT2D eigenvalue weighted by molar-refractivity contribution is 5.33. The molecule has 2 aliphatic rings. The summed E-state index contributed by atoms with van der Waals surface area (Å²) in [5.74, 6) is 0.649. The number of nitrogens with zero attached hydrogens (tertiary/aromatic N) is 3. The van der Waals surface area contributed by atoms with Gasteiger partial charge in [-0.25, -0.2) is 0 Å². The molecule has 4 nitrogen and oxygen atoms in total. The Kier molecular flexibility index (Phi) is 2.01. The van der Waals surface area contributed by atoms with Gasteiger partial charge in [0.05, 0.1) is 0 Å². The third kappa shape index (κ3) is 1.76. The van der Waals surface area contributed by atoms with Crippen LogP contribution >= 0.6 is 0 Å². The van der Waals surface area contributed by atoms with E-state index in [0.717, 1.165) is 13.1 Å². The number of piperidine rings is 1. The maximum Gasteiger partial charge on any atom is 0.318 e. The van der Waals surface area contributed by atoms with Gasteiger partial charge in [-0.15, -0.1) is 5.10 Å². The average molecular weight is 205 g/mol. The van der Waals surface area contributed by atoms with Crippen LogP contribution in [0, 0.1) is 6.92 Å². The highest BCUT2D eigenvalue weighted by Gasteiger charge is 2.23. The van der Waals surface area contributed by atoms with Gasteiger partial charge in [0, 0.05) is 20.0 Å². The molecule has 0 atom stereocenters.